The molecule has 3 heterocycles. The van der Waals surface area contributed by atoms with Crippen molar-refractivity contribution in [2.24, 2.45) is 5.10 Å². The predicted octanol–water partition coefficient (Wildman–Crippen LogP) is 2.73. The molecule has 0 spiro atoms. The van der Waals surface area contributed by atoms with Crippen LogP contribution in [-0.2, 0) is 9.53 Å². The van der Waals surface area contributed by atoms with E-state index in [-0.39, 0.29) is 18.5 Å². The van der Waals surface area contributed by atoms with E-state index in [2.05, 4.69) is 19.9 Å². The molecular weight excluding hydrogens is 562 g/mol. The Morgan fingerprint density at radius 3 is 2.36 bits per heavy atom. The molecule has 1 fully saturated rings. The summed E-state index contributed by atoms with van der Waals surface area (Å²) in [5.41, 5.74) is 4.22. The molecule has 0 saturated carbocycles. The number of hydrogen-bond donors (Lipinski definition) is 1. The van der Waals surface area contributed by atoms with Gasteiger partial charge in [0.05, 0.1) is 43.5 Å². The molecule has 0 radical (unpaired) electrons. The minimum absolute atomic E-state index is 0.0223. The van der Waals surface area contributed by atoms with Gasteiger partial charge in [-0.3, -0.25) is 19.7 Å². The average molecular weight is 606 g/mol. The highest BCUT2D eigenvalue weighted by atomic mass is 16.5. The van der Waals surface area contributed by atoms with E-state index >= 15 is 0 Å². The SMILES string of the molecule is COc1cc(OC)cc(N(CCO)c2ccc3ncc(C4C=NN(CCCN5CCN(CCOC(C)=O)CC5)C4)nc3c2)c1. The summed E-state index contributed by atoms with van der Waals surface area (Å²) >= 11 is 0. The third kappa shape index (κ3) is 8.13. The molecule has 1 aromatic heterocycles. The van der Waals surface area contributed by atoms with Crippen LogP contribution in [0.1, 0.15) is 25.0 Å². The Kier molecular flexibility index (Phi) is 10.8. The van der Waals surface area contributed by atoms with Crippen LogP contribution < -0.4 is 14.4 Å². The molecule has 2 aliphatic heterocycles. The smallest absolute Gasteiger partial charge is 0.302 e. The van der Waals surface area contributed by atoms with Crippen LogP contribution in [0.25, 0.3) is 11.0 Å². The fourth-order valence-corrected chi connectivity index (χ4v) is 5.66. The number of hydrazone groups is 1. The number of fused-ring (bicyclic) bond motifs is 1. The summed E-state index contributed by atoms with van der Waals surface area (Å²) in [6.07, 6.45) is 4.86. The van der Waals surface area contributed by atoms with E-state index in [1.807, 2.05) is 53.7 Å². The minimum atomic E-state index is -0.218. The van der Waals surface area contributed by atoms with Gasteiger partial charge in [-0.05, 0) is 31.2 Å². The van der Waals surface area contributed by atoms with Gasteiger partial charge in [-0.2, -0.15) is 5.10 Å². The van der Waals surface area contributed by atoms with Crippen molar-refractivity contribution < 1.29 is 24.1 Å². The lowest BCUT2D eigenvalue weighted by atomic mass is 10.1. The van der Waals surface area contributed by atoms with E-state index in [0.717, 1.165) is 86.9 Å². The molecule has 236 valence electrons. The summed E-state index contributed by atoms with van der Waals surface area (Å²) in [5.74, 6) is 1.20. The molecule has 0 aliphatic carbocycles. The number of ether oxygens (including phenoxy) is 3. The highest BCUT2D eigenvalue weighted by Gasteiger charge is 2.23. The summed E-state index contributed by atoms with van der Waals surface area (Å²) in [4.78, 5) is 27.5. The molecule has 0 amide bonds. The summed E-state index contributed by atoms with van der Waals surface area (Å²) in [5, 5.41) is 16.7. The Hall–Kier alpha value is -4.00. The van der Waals surface area contributed by atoms with Gasteiger partial charge >= 0.3 is 5.97 Å². The number of esters is 1. The molecule has 5 rings (SSSR count). The molecule has 0 bridgehead atoms. The largest absolute Gasteiger partial charge is 0.497 e. The van der Waals surface area contributed by atoms with Crippen LogP contribution in [0.4, 0.5) is 11.4 Å². The van der Waals surface area contributed by atoms with Crippen molar-refractivity contribution >= 4 is 34.6 Å². The first-order valence-electron chi connectivity index (χ1n) is 15.2. The van der Waals surface area contributed by atoms with E-state index in [4.69, 9.17) is 24.2 Å². The standard InChI is InChI=1S/C32H43N7O5/c1-24(41)44-16-14-37-11-9-36(10-12-37)7-4-8-38-23-25(21-34-38)32-22-33-30-6-5-26(19-31(30)35-32)39(13-15-40)27-17-28(42-2)20-29(18-27)43-3/h5-6,17-22,25,40H,4,7-16,23H2,1-3H3. The fraction of sp³-hybridized carbons (Fsp3) is 0.500. The number of methoxy groups -OCH3 is 2. The highest BCUT2D eigenvalue weighted by Crippen LogP contribution is 2.34. The first kappa shape index (κ1) is 31.4. The van der Waals surface area contributed by atoms with Crippen LogP contribution in [0, 0.1) is 0 Å². The van der Waals surface area contributed by atoms with Gasteiger partial charge in [0.25, 0.3) is 0 Å². The Morgan fingerprint density at radius 2 is 1.68 bits per heavy atom. The van der Waals surface area contributed by atoms with E-state index < -0.39 is 0 Å². The predicted molar refractivity (Wildman–Crippen MR) is 170 cm³/mol. The molecule has 2 aliphatic rings. The highest BCUT2D eigenvalue weighted by molar-refractivity contribution is 5.82. The second kappa shape index (κ2) is 15.1. The van der Waals surface area contributed by atoms with Crippen LogP contribution in [0.15, 0.2) is 47.7 Å². The molecule has 1 unspecified atom stereocenters. The number of carbonyl (C=O) groups is 1. The first-order valence-corrected chi connectivity index (χ1v) is 15.2. The van der Waals surface area contributed by atoms with Gasteiger partial charge in [0.1, 0.15) is 18.1 Å². The normalized spacial score (nSPS) is 17.3. The monoisotopic (exact) mass is 605 g/mol. The number of carbonyl (C=O) groups excluding carboxylic acids is 1. The zero-order valence-corrected chi connectivity index (χ0v) is 25.9. The topological polar surface area (TPSA) is 116 Å². The maximum Gasteiger partial charge on any atom is 0.302 e. The summed E-state index contributed by atoms with van der Waals surface area (Å²) in [7, 11) is 3.24. The van der Waals surface area contributed by atoms with E-state index in [1.165, 1.54) is 6.92 Å². The Balaban J connectivity index is 1.16. The fourth-order valence-electron chi connectivity index (χ4n) is 5.66. The summed E-state index contributed by atoms with van der Waals surface area (Å²) in [6, 6.07) is 11.6. The van der Waals surface area contributed by atoms with Crippen molar-refractivity contribution in [2.45, 2.75) is 19.3 Å². The van der Waals surface area contributed by atoms with Gasteiger partial charge < -0.3 is 29.1 Å². The van der Waals surface area contributed by atoms with E-state index in [0.29, 0.717) is 24.7 Å². The molecule has 1 N–H and O–H groups in total. The maximum absolute atomic E-state index is 11.0. The van der Waals surface area contributed by atoms with Crippen LogP contribution in [0.5, 0.6) is 11.5 Å². The third-order valence-electron chi connectivity index (χ3n) is 8.09. The number of piperazine rings is 1. The summed E-state index contributed by atoms with van der Waals surface area (Å²) < 4.78 is 16.0. The quantitative estimate of drug-likeness (QED) is 0.274. The molecule has 1 atom stereocenters. The van der Waals surface area contributed by atoms with Crippen molar-refractivity contribution in [3.05, 3.63) is 48.3 Å². The maximum atomic E-state index is 11.0. The van der Waals surface area contributed by atoms with Crippen LogP contribution in [-0.4, -0.2) is 128 Å². The van der Waals surface area contributed by atoms with E-state index in [9.17, 15) is 9.90 Å². The number of aliphatic hydroxyl groups excluding tert-OH is 1. The lowest BCUT2D eigenvalue weighted by Gasteiger charge is -2.34. The van der Waals surface area contributed by atoms with Crippen molar-refractivity contribution in [1.29, 1.82) is 0 Å². The molecule has 44 heavy (non-hydrogen) atoms. The third-order valence-corrected chi connectivity index (χ3v) is 8.09. The van der Waals surface area contributed by atoms with Crippen LogP contribution in [0.3, 0.4) is 0 Å². The van der Waals surface area contributed by atoms with Gasteiger partial charge in [0.15, 0.2) is 0 Å². The number of aromatic nitrogens is 2. The van der Waals surface area contributed by atoms with Gasteiger partial charge in [-0.15, -0.1) is 0 Å². The first-order chi connectivity index (χ1) is 21.4. The van der Waals surface area contributed by atoms with Crippen molar-refractivity contribution in [1.82, 2.24) is 24.8 Å². The number of rotatable bonds is 14. The Labute approximate surface area is 258 Å². The second-order valence-corrected chi connectivity index (χ2v) is 11.1. The zero-order chi connectivity index (χ0) is 30.9. The average Bonchev–Trinajstić information content (AvgIpc) is 3.52. The molecule has 1 saturated heterocycles. The number of hydrogen-bond acceptors (Lipinski definition) is 12. The van der Waals surface area contributed by atoms with Crippen LogP contribution in [0.2, 0.25) is 0 Å². The lowest BCUT2D eigenvalue weighted by molar-refractivity contribution is -0.141. The molecule has 12 heteroatoms. The van der Waals surface area contributed by atoms with Gasteiger partial charge in [0.2, 0.25) is 0 Å². The lowest BCUT2D eigenvalue weighted by Crippen LogP contribution is -2.47. The zero-order valence-electron chi connectivity index (χ0n) is 25.9. The summed E-state index contributed by atoms with van der Waals surface area (Å²) in [6.45, 7) is 9.86. The molecular formula is C32H43N7O5. The van der Waals surface area contributed by atoms with E-state index in [1.54, 1.807) is 14.2 Å². The molecule has 2 aromatic carbocycles. The Bertz CT molecular complexity index is 1410. The van der Waals surface area contributed by atoms with Crippen molar-refractivity contribution in [3.8, 4) is 11.5 Å². The number of benzene rings is 2. The minimum Gasteiger partial charge on any atom is -0.497 e. The van der Waals surface area contributed by atoms with Crippen LogP contribution >= 0.6 is 0 Å². The van der Waals surface area contributed by atoms with Gasteiger partial charge in [0, 0.05) is 101 Å². The van der Waals surface area contributed by atoms with Crippen molar-refractivity contribution in [2.75, 3.05) is 91.2 Å². The van der Waals surface area contributed by atoms with Crippen molar-refractivity contribution in [3.63, 3.8) is 0 Å². The molecule has 12 nitrogen and oxygen atoms in total. The number of nitrogens with zero attached hydrogens (tertiary/aromatic N) is 7. The second-order valence-electron chi connectivity index (χ2n) is 11.1. The number of anilines is 2. The number of aliphatic hydroxyl groups is 1. The van der Waals surface area contributed by atoms with Gasteiger partial charge in [-0.25, -0.2) is 4.98 Å². The Morgan fingerprint density at radius 1 is 0.955 bits per heavy atom. The molecule has 3 aromatic rings. The van der Waals surface area contributed by atoms with Gasteiger partial charge in [-0.1, -0.05) is 0 Å².